The third-order valence-electron chi connectivity index (χ3n) is 6.07. The maximum Gasteiger partial charge on any atom is 0.223 e. The van der Waals surface area contributed by atoms with Gasteiger partial charge in [-0.25, -0.2) is 15.0 Å². The van der Waals surface area contributed by atoms with Gasteiger partial charge < -0.3 is 15.0 Å². The number of hydrogen-bond acceptors (Lipinski definition) is 5. The molecule has 0 amide bonds. The number of H-pyrrole nitrogens is 1. The Morgan fingerprint density at radius 3 is 2.42 bits per heavy atom. The summed E-state index contributed by atoms with van der Waals surface area (Å²) in [6.07, 6.45) is 13.3. The summed E-state index contributed by atoms with van der Waals surface area (Å²) in [6.45, 7) is 4.00. The molecule has 2 N–H and O–H groups in total. The molecule has 0 radical (unpaired) electrons. The van der Waals surface area contributed by atoms with E-state index in [4.69, 9.17) is 9.72 Å². The quantitative estimate of drug-likeness (QED) is 0.330. The van der Waals surface area contributed by atoms with Crippen molar-refractivity contribution in [3.8, 4) is 28.1 Å². The van der Waals surface area contributed by atoms with Crippen LogP contribution in [-0.2, 0) is 0 Å². The van der Waals surface area contributed by atoms with E-state index in [1.165, 1.54) is 38.5 Å². The minimum Gasteiger partial charge on any atom is -0.497 e. The number of hydrogen-bond donors (Lipinski definition) is 2. The first-order valence-electron chi connectivity index (χ1n) is 12.0. The predicted octanol–water partition coefficient (Wildman–Crippen LogP) is 6.86. The molecule has 1 saturated carbocycles. The molecule has 3 aromatic heterocycles. The van der Waals surface area contributed by atoms with Crippen LogP contribution in [0.3, 0.4) is 0 Å². The monoisotopic (exact) mass is 443 g/mol. The summed E-state index contributed by atoms with van der Waals surface area (Å²) in [5.41, 5.74) is 4.93. The van der Waals surface area contributed by atoms with Gasteiger partial charge in [-0.15, -0.1) is 0 Å². The lowest BCUT2D eigenvalue weighted by atomic mass is 10.0. The third kappa shape index (κ3) is 5.33. The van der Waals surface area contributed by atoms with Crippen LogP contribution in [0.15, 0.2) is 55.0 Å². The van der Waals surface area contributed by atoms with E-state index in [9.17, 15) is 0 Å². The third-order valence-corrected chi connectivity index (χ3v) is 6.07. The molecule has 5 rings (SSSR count). The molecule has 0 atom stereocenters. The topological polar surface area (TPSA) is 75.7 Å². The van der Waals surface area contributed by atoms with Gasteiger partial charge in [-0.3, -0.25) is 0 Å². The molecule has 0 spiro atoms. The number of benzene rings is 1. The molecule has 0 saturated heterocycles. The largest absolute Gasteiger partial charge is 0.497 e. The van der Waals surface area contributed by atoms with Crippen LogP contribution >= 0.6 is 0 Å². The molecule has 0 aliphatic heterocycles. The Labute approximate surface area is 195 Å². The van der Waals surface area contributed by atoms with Crippen LogP contribution in [0.1, 0.15) is 52.4 Å². The van der Waals surface area contributed by atoms with E-state index >= 15 is 0 Å². The summed E-state index contributed by atoms with van der Waals surface area (Å²) >= 11 is 0. The van der Waals surface area contributed by atoms with Gasteiger partial charge in [0.1, 0.15) is 11.4 Å². The molecular formula is C27H33N5O. The van der Waals surface area contributed by atoms with Gasteiger partial charge in [0.2, 0.25) is 5.95 Å². The predicted molar refractivity (Wildman–Crippen MR) is 136 cm³/mol. The zero-order chi connectivity index (χ0) is 23.0. The minimum atomic E-state index is 0.462. The number of fused-ring (bicyclic) bond motifs is 1. The van der Waals surface area contributed by atoms with Crippen LogP contribution < -0.4 is 10.1 Å². The van der Waals surface area contributed by atoms with Crippen LogP contribution in [0.5, 0.6) is 5.75 Å². The zero-order valence-electron chi connectivity index (χ0n) is 19.8. The van der Waals surface area contributed by atoms with Crippen molar-refractivity contribution in [2.24, 2.45) is 0 Å². The Kier molecular flexibility index (Phi) is 7.55. The molecule has 3 heterocycles. The van der Waals surface area contributed by atoms with E-state index in [2.05, 4.69) is 26.3 Å². The van der Waals surface area contributed by atoms with Gasteiger partial charge in [0.05, 0.1) is 12.8 Å². The lowest BCUT2D eigenvalue weighted by Gasteiger charge is -2.16. The van der Waals surface area contributed by atoms with Crippen LogP contribution in [0.4, 0.5) is 5.95 Å². The standard InChI is InChI=1S/C25H27N5O.C2H6/c1-31-20-10-8-17(9-11-20)18-14-21-22(16-28-24(21)27-15-18)23-12-13-26-25(30-23)29-19-6-4-2-3-5-7-19;1-2/h8-16,19H,2-7H2,1H3,(H,27,28)(H,26,29,30);1-2H3. The molecule has 4 aromatic rings. The molecule has 1 aliphatic carbocycles. The molecule has 0 unspecified atom stereocenters. The lowest BCUT2D eigenvalue weighted by Crippen LogP contribution is -2.19. The highest BCUT2D eigenvalue weighted by Gasteiger charge is 2.15. The maximum absolute atomic E-state index is 5.27. The number of aromatic amines is 1. The van der Waals surface area contributed by atoms with Crippen molar-refractivity contribution in [3.05, 3.63) is 55.0 Å². The van der Waals surface area contributed by atoms with Gasteiger partial charge in [0.25, 0.3) is 0 Å². The summed E-state index contributed by atoms with van der Waals surface area (Å²) in [7, 11) is 1.68. The van der Waals surface area contributed by atoms with E-state index < -0.39 is 0 Å². The molecule has 1 aliphatic rings. The number of aromatic nitrogens is 4. The second kappa shape index (κ2) is 10.9. The van der Waals surface area contributed by atoms with Crippen molar-refractivity contribution in [1.29, 1.82) is 0 Å². The molecule has 0 bridgehead atoms. The number of pyridine rings is 1. The van der Waals surface area contributed by atoms with Gasteiger partial charge >= 0.3 is 0 Å². The Bertz CT molecular complexity index is 1160. The number of anilines is 1. The Morgan fingerprint density at radius 2 is 1.70 bits per heavy atom. The van der Waals surface area contributed by atoms with Gasteiger partial charge in [-0.2, -0.15) is 0 Å². The average Bonchev–Trinajstić information content (AvgIpc) is 3.14. The van der Waals surface area contributed by atoms with Crippen molar-refractivity contribution in [2.75, 3.05) is 12.4 Å². The summed E-state index contributed by atoms with van der Waals surface area (Å²) < 4.78 is 5.27. The van der Waals surface area contributed by atoms with E-state index in [0.29, 0.717) is 12.0 Å². The van der Waals surface area contributed by atoms with E-state index in [-0.39, 0.29) is 0 Å². The molecule has 1 aromatic carbocycles. The van der Waals surface area contributed by atoms with Crippen molar-refractivity contribution < 1.29 is 4.74 Å². The number of rotatable bonds is 5. The second-order valence-electron chi connectivity index (χ2n) is 8.15. The van der Waals surface area contributed by atoms with Crippen LogP contribution in [0.2, 0.25) is 0 Å². The SMILES string of the molecule is CC.COc1ccc(-c2cnc3[nH]cc(-c4ccnc(NC5CCCCCC5)n4)c3c2)cc1. The van der Waals surface area contributed by atoms with E-state index in [1.54, 1.807) is 7.11 Å². The van der Waals surface area contributed by atoms with Crippen molar-refractivity contribution in [2.45, 2.75) is 58.4 Å². The van der Waals surface area contributed by atoms with Crippen LogP contribution in [0.25, 0.3) is 33.4 Å². The fourth-order valence-corrected chi connectivity index (χ4v) is 4.34. The normalized spacial score (nSPS) is 14.3. The Balaban J connectivity index is 0.00000126. The first kappa shape index (κ1) is 22.8. The smallest absolute Gasteiger partial charge is 0.223 e. The van der Waals surface area contributed by atoms with E-state index in [1.807, 2.05) is 62.8 Å². The Morgan fingerprint density at radius 1 is 0.939 bits per heavy atom. The minimum absolute atomic E-state index is 0.462. The number of ether oxygens (including phenoxy) is 1. The van der Waals surface area contributed by atoms with E-state index in [0.717, 1.165) is 39.2 Å². The van der Waals surface area contributed by atoms with Crippen molar-refractivity contribution >= 4 is 17.0 Å². The van der Waals surface area contributed by atoms with Crippen molar-refractivity contribution in [3.63, 3.8) is 0 Å². The summed E-state index contributed by atoms with van der Waals surface area (Å²) in [5, 5.41) is 4.61. The summed E-state index contributed by atoms with van der Waals surface area (Å²) in [5.74, 6) is 1.55. The zero-order valence-corrected chi connectivity index (χ0v) is 19.8. The van der Waals surface area contributed by atoms with Gasteiger partial charge in [0.15, 0.2) is 0 Å². The summed E-state index contributed by atoms with van der Waals surface area (Å²) in [6, 6.07) is 12.6. The van der Waals surface area contributed by atoms with Gasteiger partial charge in [-0.1, -0.05) is 51.7 Å². The molecule has 1 fully saturated rings. The first-order chi connectivity index (χ1) is 16.3. The Hall–Kier alpha value is -3.41. The highest BCUT2D eigenvalue weighted by Crippen LogP contribution is 2.31. The fraction of sp³-hybridized carbons (Fsp3) is 0.370. The fourth-order valence-electron chi connectivity index (χ4n) is 4.34. The summed E-state index contributed by atoms with van der Waals surface area (Å²) in [4.78, 5) is 17.2. The first-order valence-corrected chi connectivity index (χ1v) is 12.0. The maximum atomic E-state index is 5.27. The molecule has 33 heavy (non-hydrogen) atoms. The van der Waals surface area contributed by atoms with Crippen LogP contribution in [0, 0.1) is 0 Å². The number of nitrogens with zero attached hydrogens (tertiary/aromatic N) is 3. The van der Waals surface area contributed by atoms with Crippen LogP contribution in [-0.4, -0.2) is 33.1 Å². The van der Waals surface area contributed by atoms with Crippen molar-refractivity contribution in [1.82, 2.24) is 19.9 Å². The van der Waals surface area contributed by atoms with Gasteiger partial charge in [0, 0.05) is 41.1 Å². The lowest BCUT2D eigenvalue weighted by molar-refractivity contribution is 0.415. The highest BCUT2D eigenvalue weighted by molar-refractivity contribution is 5.95. The average molecular weight is 444 g/mol. The number of nitrogens with one attached hydrogen (secondary N) is 2. The molecular weight excluding hydrogens is 410 g/mol. The molecule has 172 valence electrons. The highest BCUT2D eigenvalue weighted by atomic mass is 16.5. The second-order valence-corrected chi connectivity index (χ2v) is 8.15. The molecule has 6 heteroatoms. The van der Waals surface area contributed by atoms with Gasteiger partial charge in [-0.05, 0) is 42.7 Å². The number of methoxy groups -OCH3 is 1. The molecule has 6 nitrogen and oxygen atoms in total.